The maximum absolute atomic E-state index is 10.8. The van der Waals surface area contributed by atoms with Gasteiger partial charge in [0, 0.05) is 17.8 Å². The molecule has 1 aliphatic rings. The molecule has 1 aliphatic heterocycles. The second-order valence-corrected chi connectivity index (χ2v) is 5.88. The molecule has 0 amide bonds. The van der Waals surface area contributed by atoms with E-state index in [-0.39, 0.29) is 0 Å². The third-order valence-electron chi connectivity index (χ3n) is 3.86. The Morgan fingerprint density at radius 2 is 2.30 bits per heavy atom. The molecule has 20 heavy (non-hydrogen) atoms. The molecular weight excluding hydrogens is 252 g/mol. The normalized spacial score (nSPS) is 22.2. The van der Waals surface area contributed by atoms with Gasteiger partial charge in [-0.15, -0.1) is 0 Å². The van der Waals surface area contributed by atoms with Crippen LogP contribution in [0.2, 0.25) is 0 Å². The predicted molar refractivity (Wildman–Crippen MR) is 79.9 cm³/mol. The van der Waals surface area contributed by atoms with E-state index in [2.05, 4.69) is 17.2 Å². The molecule has 2 heterocycles. The number of aromatic nitrogens is 1. The lowest BCUT2D eigenvalue weighted by molar-refractivity contribution is 0.0326. The van der Waals surface area contributed by atoms with Crippen LogP contribution in [0, 0.1) is 0 Å². The van der Waals surface area contributed by atoms with E-state index in [0.717, 1.165) is 30.7 Å². The highest BCUT2D eigenvalue weighted by Crippen LogP contribution is 2.29. The molecule has 2 rings (SSSR count). The topological polar surface area (TPSA) is 54.4 Å². The Balaban J connectivity index is 2.03. The quantitative estimate of drug-likeness (QED) is 0.840. The molecule has 0 bridgehead atoms. The van der Waals surface area contributed by atoms with Crippen LogP contribution in [0.25, 0.3) is 0 Å². The molecule has 0 spiro atoms. The van der Waals surface area contributed by atoms with Crippen LogP contribution in [0.1, 0.15) is 51.5 Å². The van der Waals surface area contributed by atoms with E-state index in [1.54, 1.807) is 12.4 Å². The average Bonchev–Trinajstić information content (AvgIpc) is 2.46. The Bertz CT molecular complexity index is 415. The average molecular weight is 278 g/mol. The first-order valence-electron chi connectivity index (χ1n) is 7.66. The molecule has 0 aromatic carbocycles. The van der Waals surface area contributed by atoms with Gasteiger partial charge in [0.1, 0.15) is 5.75 Å². The third kappa shape index (κ3) is 4.18. The van der Waals surface area contributed by atoms with Gasteiger partial charge in [-0.05, 0) is 45.2 Å². The van der Waals surface area contributed by atoms with Crippen LogP contribution in [0.5, 0.6) is 5.75 Å². The first-order valence-corrected chi connectivity index (χ1v) is 7.66. The zero-order valence-corrected chi connectivity index (χ0v) is 12.6. The number of piperidine rings is 1. The summed E-state index contributed by atoms with van der Waals surface area (Å²) in [6.45, 7) is 5.67. The van der Waals surface area contributed by atoms with Crippen LogP contribution in [0.15, 0.2) is 18.5 Å². The molecule has 112 valence electrons. The van der Waals surface area contributed by atoms with Crippen LogP contribution in [-0.2, 0) is 5.60 Å². The second-order valence-electron chi connectivity index (χ2n) is 5.88. The molecule has 2 atom stereocenters. The highest BCUT2D eigenvalue weighted by atomic mass is 16.5. The molecule has 1 saturated heterocycles. The lowest BCUT2D eigenvalue weighted by Gasteiger charge is -2.31. The Morgan fingerprint density at radius 3 is 3.00 bits per heavy atom. The highest BCUT2D eigenvalue weighted by molar-refractivity contribution is 5.27. The number of ether oxygens (including phenoxy) is 1. The summed E-state index contributed by atoms with van der Waals surface area (Å²) in [7, 11) is 0. The molecular formula is C16H26N2O2. The van der Waals surface area contributed by atoms with Crippen molar-refractivity contribution in [3.05, 3.63) is 24.0 Å². The molecule has 1 fully saturated rings. The van der Waals surface area contributed by atoms with Gasteiger partial charge in [0.05, 0.1) is 18.4 Å². The van der Waals surface area contributed by atoms with Gasteiger partial charge in [-0.2, -0.15) is 0 Å². The molecule has 0 saturated carbocycles. The molecule has 2 unspecified atom stereocenters. The summed E-state index contributed by atoms with van der Waals surface area (Å²) in [6, 6.07) is 2.30. The van der Waals surface area contributed by atoms with E-state index in [9.17, 15) is 5.11 Å². The monoisotopic (exact) mass is 278 g/mol. The number of hydrogen-bond donors (Lipinski definition) is 2. The fourth-order valence-corrected chi connectivity index (χ4v) is 2.71. The van der Waals surface area contributed by atoms with E-state index in [1.807, 2.05) is 13.0 Å². The van der Waals surface area contributed by atoms with Crippen molar-refractivity contribution in [2.45, 2.75) is 57.6 Å². The maximum Gasteiger partial charge on any atom is 0.137 e. The first-order chi connectivity index (χ1) is 9.62. The number of nitrogens with zero attached hydrogens (tertiary/aromatic N) is 1. The summed E-state index contributed by atoms with van der Waals surface area (Å²) in [6.07, 6.45) is 8.73. The fourth-order valence-electron chi connectivity index (χ4n) is 2.71. The Kier molecular flexibility index (Phi) is 5.38. The van der Waals surface area contributed by atoms with Crippen molar-refractivity contribution in [1.29, 1.82) is 0 Å². The standard InChI is InChI=1S/C16H26N2O2/c1-3-8-20-15-9-13(11-17-12-15)16(2,19)10-14-6-4-5-7-18-14/h9,11-12,14,18-19H,3-8,10H2,1-2H3. The molecule has 2 N–H and O–H groups in total. The largest absolute Gasteiger partial charge is 0.492 e. The molecule has 0 radical (unpaired) electrons. The van der Waals surface area contributed by atoms with E-state index < -0.39 is 5.60 Å². The summed E-state index contributed by atoms with van der Waals surface area (Å²) < 4.78 is 5.59. The minimum Gasteiger partial charge on any atom is -0.492 e. The van der Waals surface area contributed by atoms with Crippen molar-refractivity contribution in [3.8, 4) is 5.75 Å². The van der Waals surface area contributed by atoms with Gasteiger partial charge in [0.15, 0.2) is 0 Å². The van der Waals surface area contributed by atoms with Gasteiger partial charge in [0.25, 0.3) is 0 Å². The number of nitrogens with one attached hydrogen (secondary N) is 1. The maximum atomic E-state index is 10.8. The van der Waals surface area contributed by atoms with Crippen molar-refractivity contribution in [2.24, 2.45) is 0 Å². The van der Waals surface area contributed by atoms with Gasteiger partial charge in [-0.1, -0.05) is 13.3 Å². The zero-order chi connectivity index (χ0) is 14.4. The minimum absolute atomic E-state index is 0.388. The smallest absolute Gasteiger partial charge is 0.137 e. The van der Waals surface area contributed by atoms with Gasteiger partial charge >= 0.3 is 0 Å². The molecule has 4 nitrogen and oxygen atoms in total. The van der Waals surface area contributed by atoms with Gasteiger partial charge in [0.2, 0.25) is 0 Å². The number of rotatable bonds is 6. The Hall–Kier alpha value is -1.13. The minimum atomic E-state index is -0.867. The summed E-state index contributed by atoms with van der Waals surface area (Å²) in [5.41, 5.74) is -0.0355. The highest BCUT2D eigenvalue weighted by Gasteiger charge is 2.28. The van der Waals surface area contributed by atoms with Gasteiger partial charge in [-0.3, -0.25) is 4.98 Å². The lowest BCUT2D eigenvalue weighted by atomic mass is 9.87. The second kappa shape index (κ2) is 7.04. The van der Waals surface area contributed by atoms with E-state index in [4.69, 9.17) is 4.74 Å². The van der Waals surface area contributed by atoms with Gasteiger partial charge < -0.3 is 15.2 Å². The van der Waals surface area contributed by atoms with Crippen molar-refractivity contribution >= 4 is 0 Å². The Morgan fingerprint density at radius 1 is 1.45 bits per heavy atom. The van der Waals surface area contributed by atoms with Crippen LogP contribution >= 0.6 is 0 Å². The molecule has 0 aliphatic carbocycles. The van der Waals surface area contributed by atoms with Crippen molar-refractivity contribution in [1.82, 2.24) is 10.3 Å². The van der Waals surface area contributed by atoms with Crippen LogP contribution in [0.3, 0.4) is 0 Å². The first kappa shape index (κ1) is 15.3. The van der Waals surface area contributed by atoms with Gasteiger partial charge in [-0.25, -0.2) is 0 Å². The van der Waals surface area contributed by atoms with Crippen LogP contribution in [0.4, 0.5) is 0 Å². The predicted octanol–water partition coefficient (Wildman–Crippen LogP) is 2.61. The SMILES string of the molecule is CCCOc1cncc(C(C)(O)CC2CCCCN2)c1. The number of pyridine rings is 1. The van der Waals surface area contributed by atoms with Crippen LogP contribution in [-0.4, -0.2) is 29.3 Å². The number of hydrogen-bond acceptors (Lipinski definition) is 4. The van der Waals surface area contributed by atoms with Crippen LogP contribution < -0.4 is 10.1 Å². The van der Waals surface area contributed by atoms with E-state index >= 15 is 0 Å². The summed E-state index contributed by atoms with van der Waals surface area (Å²) >= 11 is 0. The summed E-state index contributed by atoms with van der Waals surface area (Å²) in [5, 5.41) is 14.2. The summed E-state index contributed by atoms with van der Waals surface area (Å²) in [5.74, 6) is 0.737. The lowest BCUT2D eigenvalue weighted by Crippen LogP contribution is -2.39. The number of aliphatic hydroxyl groups is 1. The van der Waals surface area contributed by atoms with Crippen molar-refractivity contribution in [2.75, 3.05) is 13.2 Å². The fraction of sp³-hybridized carbons (Fsp3) is 0.688. The molecule has 1 aromatic heterocycles. The van der Waals surface area contributed by atoms with Crippen molar-refractivity contribution in [3.63, 3.8) is 0 Å². The van der Waals surface area contributed by atoms with E-state index in [0.29, 0.717) is 19.1 Å². The third-order valence-corrected chi connectivity index (χ3v) is 3.86. The summed E-state index contributed by atoms with van der Waals surface area (Å²) in [4.78, 5) is 4.19. The molecule has 4 heteroatoms. The zero-order valence-electron chi connectivity index (χ0n) is 12.6. The van der Waals surface area contributed by atoms with E-state index in [1.165, 1.54) is 12.8 Å². The molecule has 1 aromatic rings. The Labute approximate surface area is 121 Å². The van der Waals surface area contributed by atoms with Crippen molar-refractivity contribution < 1.29 is 9.84 Å².